The number of anilines is 2. The van der Waals surface area contributed by atoms with Crippen LogP contribution in [0.3, 0.4) is 0 Å². The molecule has 1 aromatic heterocycles. The van der Waals surface area contributed by atoms with E-state index >= 15 is 0 Å². The van der Waals surface area contributed by atoms with Crippen LogP contribution in [0.5, 0.6) is 5.88 Å². The molecular formula is C16H26N4O. The molecule has 21 heavy (non-hydrogen) atoms. The van der Waals surface area contributed by atoms with E-state index in [4.69, 9.17) is 10.5 Å². The van der Waals surface area contributed by atoms with E-state index in [-0.39, 0.29) is 6.10 Å². The average molecular weight is 290 g/mol. The first-order valence-electron chi connectivity index (χ1n) is 8.20. The Balaban J connectivity index is 1.88. The number of ether oxygens (including phenoxy) is 1. The Hall–Kier alpha value is -1.52. The van der Waals surface area contributed by atoms with Crippen LogP contribution >= 0.6 is 0 Å². The maximum atomic E-state index is 6.29. The van der Waals surface area contributed by atoms with E-state index in [1.165, 1.54) is 38.5 Å². The van der Waals surface area contributed by atoms with Crippen LogP contribution < -0.4 is 15.4 Å². The van der Waals surface area contributed by atoms with Crippen LogP contribution in [0.4, 0.5) is 11.5 Å². The van der Waals surface area contributed by atoms with Gasteiger partial charge in [0.25, 0.3) is 0 Å². The van der Waals surface area contributed by atoms with Crippen molar-refractivity contribution in [1.29, 1.82) is 0 Å². The van der Waals surface area contributed by atoms with Crippen molar-refractivity contribution in [3.8, 4) is 5.88 Å². The molecule has 5 heteroatoms. The summed E-state index contributed by atoms with van der Waals surface area (Å²) in [4.78, 5) is 11.1. The fourth-order valence-corrected chi connectivity index (χ4v) is 3.80. The van der Waals surface area contributed by atoms with Crippen molar-refractivity contribution in [2.24, 2.45) is 5.92 Å². The molecule has 2 atom stereocenters. The number of hydrogen-bond acceptors (Lipinski definition) is 5. The number of fused-ring (bicyclic) bond motifs is 1. The molecule has 1 aromatic rings. The van der Waals surface area contributed by atoms with Crippen LogP contribution in [0.25, 0.3) is 0 Å². The number of aromatic nitrogens is 2. The number of rotatable bonds is 3. The molecule has 1 aliphatic carbocycles. The van der Waals surface area contributed by atoms with E-state index in [9.17, 15) is 0 Å². The third-order valence-corrected chi connectivity index (χ3v) is 4.69. The number of nitrogens with two attached hydrogens (primary N) is 1. The highest BCUT2D eigenvalue weighted by Gasteiger charge is 2.35. The second kappa shape index (κ2) is 6.08. The van der Waals surface area contributed by atoms with Gasteiger partial charge in [0.1, 0.15) is 12.0 Å². The smallest absolute Gasteiger partial charge is 0.242 e. The Labute approximate surface area is 126 Å². The van der Waals surface area contributed by atoms with Gasteiger partial charge in [0.15, 0.2) is 5.82 Å². The average Bonchev–Trinajstić information content (AvgIpc) is 2.49. The highest BCUT2D eigenvalue weighted by atomic mass is 16.5. The van der Waals surface area contributed by atoms with Crippen molar-refractivity contribution in [2.75, 3.05) is 17.2 Å². The molecule has 2 N–H and O–H groups in total. The first kappa shape index (κ1) is 14.4. The molecule has 1 saturated carbocycles. The highest BCUT2D eigenvalue weighted by molar-refractivity contribution is 5.68. The Morgan fingerprint density at radius 3 is 2.76 bits per heavy atom. The normalized spacial score (nSPS) is 25.8. The summed E-state index contributed by atoms with van der Waals surface area (Å²) in [5.41, 5.74) is 6.89. The summed E-state index contributed by atoms with van der Waals surface area (Å²) in [5, 5.41) is 0. The highest BCUT2D eigenvalue weighted by Crippen LogP contribution is 2.40. The van der Waals surface area contributed by atoms with Gasteiger partial charge in [-0.25, -0.2) is 4.98 Å². The minimum Gasteiger partial charge on any atom is -0.473 e. The van der Waals surface area contributed by atoms with Gasteiger partial charge in [-0.05, 0) is 45.4 Å². The lowest BCUT2D eigenvalue weighted by Crippen LogP contribution is -2.47. The summed E-state index contributed by atoms with van der Waals surface area (Å²) >= 11 is 0. The molecule has 1 saturated heterocycles. The fraction of sp³-hybridized carbons (Fsp3) is 0.750. The van der Waals surface area contributed by atoms with Gasteiger partial charge in [0.05, 0.1) is 6.10 Å². The Morgan fingerprint density at radius 1 is 1.19 bits per heavy atom. The molecule has 0 unspecified atom stereocenters. The molecular weight excluding hydrogens is 264 g/mol. The monoisotopic (exact) mass is 290 g/mol. The molecule has 1 aliphatic heterocycles. The van der Waals surface area contributed by atoms with Crippen LogP contribution in [-0.4, -0.2) is 28.7 Å². The fourth-order valence-electron chi connectivity index (χ4n) is 3.80. The van der Waals surface area contributed by atoms with Gasteiger partial charge in [-0.3, -0.25) is 0 Å². The Kier molecular flexibility index (Phi) is 4.17. The van der Waals surface area contributed by atoms with Gasteiger partial charge in [0, 0.05) is 12.6 Å². The van der Waals surface area contributed by atoms with E-state index < -0.39 is 0 Å². The SMILES string of the molecule is CC(C)Oc1ncnc(N2CCC[C@H]3CCCC[C@H]32)c1N. The van der Waals surface area contributed by atoms with Crippen LogP contribution in [0.15, 0.2) is 6.33 Å². The standard InChI is InChI=1S/C16H26N4O/c1-11(2)21-16-14(17)15(18-10-19-16)20-9-5-7-12-6-3-4-8-13(12)20/h10-13H,3-9,17H2,1-2H3/t12-,13-/m1/s1. The quantitative estimate of drug-likeness (QED) is 0.927. The molecule has 2 fully saturated rings. The first-order chi connectivity index (χ1) is 10.2. The van der Waals surface area contributed by atoms with Gasteiger partial charge in [0.2, 0.25) is 5.88 Å². The van der Waals surface area contributed by atoms with E-state index in [1.54, 1.807) is 6.33 Å². The number of nitrogen functional groups attached to an aromatic ring is 1. The largest absolute Gasteiger partial charge is 0.473 e. The molecule has 2 aliphatic rings. The minimum absolute atomic E-state index is 0.0684. The zero-order valence-electron chi connectivity index (χ0n) is 13.1. The molecule has 3 rings (SSSR count). The van der Waals surface area contributed by atoms with Crippen molar-refractivity contribution < 1.29 is 4.74 Å². The predicted molar refractivity (Wildman–Crippen MR) is 84.5 cm³/mol. The number of piperidine rings is 1. The van der Waals surface area contributed by atoms with Gasteiger partial charge in [-0.2, -0.15) is 4.98 Å². The second-order valence-corrected chi connectivity index (χ2v) is 6.53. The number of hydrogen-bond donors (Lipinski definition) is 1. The Bertz CT molecular complexity index is 489. The molecule has 2 heterocycles. The van der Waals surface area contributed by atoms with Crippen molar-refractivity contribution in [1.82, 2.24) is 9.97 Å². The van der Waals surface area contributed by atoms with E-state index in [0.717, 1.165) is 18.3 Å². The molecule has 116 valence electrons. The van der Waals surface area contributed by atoms with Gasteiger partial charge in [-0.1, -0.05) is 12.8 Å². The lowest BCUT2D eigenvalue weighted by atomic mass is 9.78. The van der Waals surface area contributed by atoms with E-state index in [2.05, 4.69) is 14.9 Å². The first-order valence-corrected chi connectivity index (χ1v) is 8.20. The van der Waals surface area contributed by atoms with Crippen molar-refractivity contribution in [2.45, 2.75) is 64.5 Å². The van der Waals surface area contributed by atoms with Crippen LogP contribution in [-0.2, 0) is 0 Å². The second-order valence-electron chi connectivity index (χ2n) is 6.53. The molecule has 0 radical (unpaired) electrons. The Morgan fingerprint density at radius 2 is 1.95 bits per heavy atom. The van der Waals surface area contributed by atoms with Gasteiger partial charge in [-0.15, -0.1) is 0 Å². The predicted octanol–water partition coefficient (Wildman–Crippen LogP) is 3.01. The summed E-state index contributed by atoms with van der Waals surface area (Å²) in [7, 11) is 0. The maximum Gasteiger partial charge on any atom is 0.242 e. The molecule has 0 aromatic carbocycles. The summed E-state index contributed by atoms with van der Waals surface area (Å²) in [6, 6.07) is 0.594. The van der Waals surface area contributed by atoms with Gasteiger partial charge < -0.3 is 15.4 Å². The minimum atomic E-state index is 0.0684. The molecule has 0 spiro atoms. The van der Waals surface area contributed by atoms with Gasteiger partial charge >= 0.3 is 0 Å². The van der Waals surface area contributed by atoms with Crippen LogP contribution in [0.1, 0.15) is 52.4 Å². The molecule has 0 amide bonds. The van der Waals surface area contributed by atoms with E-state index in [1.807, 2.05) is 13.8 Å². The topological polar surface area (TPSA) is 64.3 Å². The summed E-state index contributed by atoms with van der Waals surface area (Å²) in [6.45, 7) is 5.02. The van der Waals surface area contributed by atoms with Crippen LogP contribution in [0.2, 0.25) is 0 Å². The third kappa shape index (κ3) is 2.92. The zero-order valence-corrected chi connectivity index (χ0v) is 13.1. The van der Waals surface area contributed by atoms with Crippen molar-refractivity contribution in [3.63, 3.8) is 0 Å². The number of nitrogens with zero attached hydrogens (tertiary/aromatic N) is 3. The summed E-state index contributed by atoms with van der Waals surface area (Å²) in [6.07, 6.45) is 9.52. The lowest BCUT2D eigenvalue weighted by Gasteiger charge is -2.45. The van der Waals surface area contributed by atoms with E-state index in [0.29, 0.717) is 17.6 Å². The lowest BCUT2D eigenvalue weighted by molar-refractivity contribution is 0.231. The van der Waals surface area contributed by atoms with Crippen molar-refractivity contribution in [3.05, 3.63) is 6.33 Å². The summed E-state index contributed by atoms with van der Waals surface area (Å²) in [5.74, 6) is 2.20. The van der Waals surface area contributed by atoms with Crippen LogP contribution in [0, 0.1) is 5.92 Å². The third-order valence-electron chi connectivity index (χ3n) is 4.69. The zero-order chi connectivity index (χ0) is 14.8. The summed E-state index contributed by atoms with van der Waals surface area (Å²) < 4.78 is 5.71. The maximum absolute atomic E-state index is 6.29. The molecule has 5 nitrogen and oxygen atoms in total. The molecule has 0 bridgehead atoms. The van der Waals surface area contributed by atoms with Crippen molar-refractivity contribution >= 4 is 11.5 Å².